The van der Waals surface area contributed by atoms with E-state index in [0.717, 1.165) is 16.5 Å². The Morgan fingerprint density at radius 2 is 1.82 bits per heavy atom. The van der Waals surface area contributed by atoms with Crippen molar-refractivity contribution in [1.82, 2.24) is 10.2 Å². The predicted molar refractivity (Wildman–Crippen MR) is 140 cm³/mol. The van der Waals surface area contributed by atoms with Crippen LogP contribution in [0.4, 0.5) is 24.5 Å². The summed E-state index contributed by atoms with van der Waals surface area (Å²) in [5, 5.41) is 7.18. The highest BCUT2D eigenvalue weighted by Gasteiger charge is 2.41. The van der Waals surface area contributed by atoms with Crippen LogP contribution in [-0.2, 0) is 22.7 Å². The van der Waals surface area contributed by atoms with Crippen LogP contribution in [0.1, 0.15) is 47.2 Å². The molecule has 2 saturated heterocycles. The third kappa shape index (κ3) is 4.73. The van der Waals surface area contributed by atoms with E-state index in [1.165, 1.54) is 11.0 Å². The molecule has 1 unspecified atom stereocenters. The lowest BCUT2D eigenvalue weighted by molar-refractivity contribution is -0.134. The number of likely N-dealkylation sites (tertiary alicyclic amines) is 1. The monoisotopic (exact) mass is 536 g/mol. The van der Waals surface area contributed by atoms with Crippen LogP contribution in [0.5, 0.6) is 0 Å². The van der Waals surface area contributed by atoms with Crippen molar-refractivity contribution in [2.24, 2.45) is 0 Å². The summed E-state index contributed by atoms with van der Waals surface area (Å²) in [6.45, 7) is 1.10. The van der Waals surface area contributed by atoms with Crippen LogP contribution in [0.3, 0.4) is 0 Å². The van der Waals surface area contributed by atoms with E-state index < -0.39 is 17.9 Å². The molecule has 3 aliphatic heterocycles. The van der Waals surface area contributed by atoms with Crippen molar-refractivity contribution in [3.05, 3.63) is 71.0 Å². The number of benzene rings is 3. The minimum absolute atomic E-state index is 0.169. The molecule has 202 valence electrons. The average Bonchev–Trinajstić information content (AvgIpc) is 3.19. The zero-order chi connectivity index (χ0) is 27.3. The number of nitrogens with one attached hydrogen (secondary N) is 2. The molecule has 7 nitrogen and oxygen atoms in total. The predicted octanol–water partition coefficient (Wildman–Crippen LogP) is 4.59. The quantitative estimate of drug-likeness (QED) is 0.451. The molecule has 0 spiro atoms. The second-order valence-electron chi connectivity index (χ2n) is 10.4. The van der Waals surface area contributed by atoms with Crippen molar-refractivity contribution in [3.63, 3.8) is 0 Å². The van der Waals surface area contributed by atoms with Gasteiger partial charge in [-0.2, -0.15) is 0 Å². The summed E-state index contributed by atoms with van der Waals surface area (Å²) < 4.78 is 41.7. The first kappa shape index (κ1) is 25.4. The van der Waals surface area contributed by atoms with Crippen molar-refractivity contribution in [3.8, 4) is 0 Å². The maximum absolute atomic E-state index is 14.9. The number of anilines is 2. The first-order valence-electron chi connectivity index (χ1n) is 13.0. The molecule has 6 rings (SSSR count). The standard InChI is InChI=1S/C29H27F3N4O3/c30-21-14-17(4-5-18(21)16-35-12-10-29(31,32)11-13-35)15-33-22-6-7-23-26-19(22)2-1-3-20(26)28(39)36(23)24-8-9-25(37)34-27(24)38/h1-7,14,24,33H,8-13,15-16H2,(H,34,37,38). The van der Waals surface area contributed by atoms with Gasteiger partial charge >= 0.3 is 0 Å². The van der Waals surface area contributed by atoms with Gasteiger partial charge in [-0.3, -0.25) is 29.5 Å². The topological polar surface area (TPSA) is 81.8 Å². The van der Waals surface area contributed by atoms with Crippen molar-refractivity contribution in [1.29, 1.82) is 0 Å². The van der Waals surface area contributed by atoms with Gasteiger partial charge in [0.2, 0.25) is 11.8 Å². The average molecular weight is 537 g/mol. The molecule has 2 N–H and O–H groups in total. The van der Waals surface area contributed by atoms with Crippen LogP contribution in [0.2, 0.25) is 0 Å². The smallest absolute Gasteiger partial charge is 0.259 e. The van der Waals surface area contributed by atoms with Crippen LogP contribution in [0.15, 0.2) is 48.5 Å². The molecule has 0 aromatic heterocycles. The van der Waals surface area contributed by atoms with Gasteiger partial charge in [-0.15, -0.1) is 0 Å². The number of carbonyl (C=O) groups is 3. The van der Waals surface area contributed by atoms with Gasteiger partial charge in [0.05, 0.1) is 5.69 Å². The third-order valence-electron chi connectivity index (χ3n) is 7.83. The second-order valence-corrected chi connectivity index (χ2v) is 10.4. The molecular formula is C29H27F3N4O3. The fraction of sp³-hybridized carbons (Fsp3) is 0.345. The molecule has 2 fully saturated rings. The molecule has 3 aromatic carbocycles. The lowest BCUT2D eigenvalue weighted by Gasteiger charge is -2.31. The lowest BCUT2D eigenvalue weighted by Crippen LogP contribution is -2.53. The van der Waals surface area contributed by atoms with Crippen LogP contribution < -0.4 is 15.5 Å². The van der Waals surface area contributed by atoms with Crippen LogP contribution in [0, 0.1) is 5.82 Å². The van der Waals surface area contributed by atoms with Crippen molar-refractivity contribution < 1.29 is 27.6 Å². The molecule has 3 aliphatic rings. The second kappa shape index (κ2) is 9.68. The molecule has 1 atom stereocenters. The minimum atomic E-state index is -2.64. The van der Waals surface area contributed by atoms with Crippen molar-refractivity contribution in [2.75, 3.05) is 23.3 Å². The number of halogens is 3. The van der Waals surface area contributed by atoms with E-state index in [4.69, 9.17) is 0 Å². The highest BCUT2D eigenvalue weighted by molar-refractivity contribution is 6.28. The Balaban J connectivity index is 1.19. The van der Waals surface area contributed by atoms with Crippen molar-refractivity contribution >= 4 is 39.9 Å². The number of hydrogen-bond acceptors (Lipinski definition) is 5. The van der Waals surface area contributed by atoms with Crippen molar-refractivity contribution in [2.45, 2.75) is 50.7 Å². The number of piperidine rings is 2. The van der Waals surface area contributed by atoms with Gasteiger partial charge in [0.25, 0.3) is 11.8 Å². The molecule has 0 bridgehead atoms. The first-order valence-corrected chi connectivity index (χ1v) is 13.0. The van der Waals surface area contributed by atoms with Gasteiger partial charge in [-0.1, -0.05) is 24.3 Å². The summed E-state index contributed by atoms with van der Waals surface area (Å²) in [5.41, 5.74) is 3.05. The molecule has 0 aliphatic carbocycles. The Morgan fingerprint density at radius 1 is 1.03 bits per heavy atom. The number of amides is 3. The number of imide groups is 1. The highest BCUT2D eigenvalue weighted by atomic mass is 19.3. The molecule has 0 saturated carbocycles. The van der Waals surface area contributed by atoms with Gasteiger partial charge in [0.15, 0.2) is 0 Å². The summed E-state index contributed by atoms with van der Waals surface area (Å²) in [6.07, 6.45) is 0.0181. The van der Waals surface area contributed by atoms with E-state index in [9.17, 15) is 27.6 Å². The molecule has 0 radical (unpaired) electrons. The third-order valence-corrected chi connectivity index (χ3v) is 7.83. The molecule has 3 amide bonds. The van der Waals surface area contributed by atoms with Gasteiger partial charge < -0.3 is 5.32 Å². The molecule has 39 heavy (non-hydrogen) atoms. The minimum Gasteiger partial charge on any atom is -0.380 e. The molecule has 10 heteroatoms. The van der Waals surface area contributed by atoms with Crippen LogP contribution >= 0.6 is 0 Å². The van der Waals surface area contributed by atoms with Gasteiger partial charge in [0, 0.05) is 73.0 Å². The summed E-state index contributed by atoms with van der Waals surface area (Å²) in [4.78, 5) is 40.8. The Morgan fingerprint density at radius 3 is 2.56 bits per heavy atom. The maximum Gasteiger partial charge on any atom is 0.259 e. The lowest BCUT2D eigenvalue weighted by atomic mass is 10.0. The van der Waals surface area contributed by atoms with E-state index in [1.54, 1.807) is 24.3 Å². The zero-order valence-electron chi connectivity index (χ0n) is 21.1. The SMILES string of the molecule is O=C1CCC(N2C(=O)c3cccc4c(NCc5ccc(CN6CCC(F)(F)CC6)c(F)c5)ccc2c34)C(=O)N1. The number of alkyl halides is 2. The molecular weight excluding hydrogens is 509 g/mol. The number of hydrogen-bond donors (Lipinski definition) is 2. The first-order chi connectivity index (χ1) is 18.7. The zero-order valence-corrected chi connectivity index (χ0v) is 21.1. The van der Waals surface area contributed by atoms with E-state index in [1.807, 2.05) is 23.1 Å². The Bertz CT molecular complexity index is 1500. The summed E-state index contributed by atoms with van der Waals surface area (Å²) in [5.74, 6) is -4.11. The Labute approximate surface area is 222 Å². The fourth-order valence-corrected chi connectivity index (χ4v) is 5.70. The maximum atomic E-state index is 14.9. The molecule has 3 heterocycles. The molecule has 3 aromatic rings. The van der Waals surface area contributed by atoms with E-state index in [2.05, 4.69) is 10.6 Å². The number of nitrogens with zero attached hydrogens (tertiary/aromatic N) is 2. The normalized spacial score (nSPS) is 20.9. The van der Waals surface area contributed by atoms with Gasteiger partial charge in [0.1, 0.15) is 11.9 Å². The Hall–Kier alpha value is -3.92. The summed E-state index contributed by atoms with van der Waals surface area (Å²) in [6, 6.07) is 13.2. The van der Waals surface area contributed by atoms with Gasteiger partial charge in [-0.25, -0.2) is 13.2 Å². The number of carbonyl (C=O) groups excluding carboxylic acids is 3. The summed E-state index contributed by atoms with van der Waals surface area (Å²) >= 11 is 0. The van der Waals surface area contributed by atoms with E-state index >= 15 is 0 Å². The highest BCUT2D eigenvalue weighted by Crippen LogP contribution is 2.42. The summed E-state index contributed by atoms with van der Waals surface area (Å²) in [7, 11) is 0. The Kier molecular flexibility index (Phi) is 6.29. The van der Waals surface area contributed by atoms with E-state index in [-0.39, 0.29) is 56.4 Å². The number of rotatable bonds is 6. The van der Waals surface area contributed by atoms with E-state index in [0.29, 0.717) is 35.5 Å². The largest absolute Gasteiger partial charge is 0.380 e. The van der Waals surface area contributed by atoms with Gasteiger partial charge in [-0.05, 0) is 36.2 Å². The van der Waals surface area contributed by atoms with Crippen LogP contribution in [-0.4, -0.2) is 47.7 Å². The fourth-order valence-electron chi connectivity index (χ4n) is 5.70. The van der Waals surface area contributed by atoms with Crippen LogP contribution in [0.25, 0.3) is 10.8 Å².